The number of nitrogens with zero attached hydrogens (tertiary/aromatic N) is 2. The molecule has 18 heavy (non-hydrogen) atoms. The van der Waals surface area contributed by atoms with Crippen molar-refractivity contribution in [3.05, 3.63) is 48.6 Å². The second-order valence-electron chi connectivity index (χ2n) is 3.74. The molecule has 2 rings (SSSR count). The van der Waals surface area contributed by atoms with Gasteiger partial charge in [-0.25, -0.2) is 13.1 Å². The topological polar surface area (TPSA) is 61.2 Å². The van der Waals surface area contributed by atoms with Crippen LogP contribution in [0.2, 0.25) is 0 Å². The van der Waals surface area contributed by atoms with Crippen LogP contribution in [0.25, 0.3) is 5.69 Å². The summed E-state index contributed by atoms with van der Waals surface area (Å²) in [6.45, 7) is 3.91. The second-order valence-corrected chi connectivity index (χ2v) is 4.72. The van der Waals surface area contributed by atoms with Crippen LogP contribution in [0.15, 0.2) is 30.5 Å². The molecule has 0 bridgehead atoms. The zero-order valence-electron chi connectivity index (χ0n) is 9.87. The number of hydrogen-bond acceptors (Lipinski definition) is 4. The Morgan fingerprint density at radius 1 is 1.39 bits per heavy atom. The first kappa shape index (κ1) is 12.6. The quantitative estimate of drug-likeness (QED) is 0.843. The number of rotatable bonds is 4. The van der Waals surface area contributed by atoms with E-state index in [1.807, 2.05) is 12.1 Å². The fourth-order valence-corrected chi connectivity index (χ4v) is 2.03. The largest absolute Gasteiger partial charge is 0.497 e. The summed E-state index contributed by atoms with van der Waals surface area (Å²) in [5.41, 5.74) is 2.06. The molecule has 0 fully saturated rings. The second kappa shape index (κ2) is 5.22. The number of thiol groups is 1. The van der Waals surface area contributed by atoms with Crippen LogP contribution in [-0.4, -0.2) is 25.3 Å². The lowest BCUT2D eigenvalue weighted by atomic mass is 10.2. The third-order valence-electron chi connectivity index (χ3n) is 2.47. The van der Waals surface area contributed by atoms with Crippen LogP contribution in [0, 0.1) is 6.92 Å². The fourth-order valence-electron chi connectivity index (χ4n) is 1.60. The Balaban J connectivity index is 2.38. The molecule has 5 nitrogen and oxygen atoms in total. The maximum atomic E-state index is 10.6. The van der Waals surface area contributed by atoms with Gasteiger partial charge in [0, 0.05) is 12.3 Å². The van der Waals surface area contributed by atoms with Gasteiger partial charge in [-0.3, -0.25) is 0 Å². The summed E-state index contributed by atoms with van der Waals surface area (Å²) in [5.74, 6) is 0.642. The molecule has 1 heterocycles. The first-order valence-electron chi connectivity index (χ1n) is 5.27. The highest BCUT2D eigenvalue weighted by atomic mass is 32.2. The van der Waals surface area contributed by atoms with Gasteiger partial charge in [-0.05, 0) is 24.6 Å². The summed E-state index contributed by atoms with van der Waals surface area (Å²) in [5, 5.41) is 4.19. The van der Waals surface area contributed by atoms with Gasteiger partial charge in [0.05, 0.1) is 24.2 Å². The highest BCUT2D eigenvalue weighted by Gasteiger charge is 2.06. The summed E-state index contributed by atoms with van der Waals surface area (Å²) >= 11 is 0. The molecule has 6 heteroatoms. The van der Waals surface area contributed by atoms with E-state index in [2.05, 4.69) is 12.0 Å². The van der Waals surface area contributed by atoms with Crippen molar-refractivity contribution >= 4 is 10.7 Å². The van der Waals surface area contributed by atoms with Crippen LogP contribution < -0.4 is 4.74 Å². The Hall–Kier alpha value is -1.82. The molecule has 0 aliphatic rings. The molecule has 0 spiro atoms. The average molecular weight is 265 g/mol. The first-order chi connectivity index (χ1) is 8.60. The molecular weight excluding hydrogens is 252 g/mol. The molecule has 1 aromatic heterocycles. The van der Waals surface area contributed by atoms with Gasteiger partial charge < -0.3 is 4.74 Å². The van der Waals surface area contributed by atoms with E-state index in [0.717, 1.165) is 11.3 Å². The summed E-state index contributed by atoms with van der Waals surface area (Å²) in [6, 6.07) is 7.11. The van der Waals surface area contributed by atoms with Gasteiger partial charge in [-0.1, -0.05) is 6.07 Å². The lowest BCUT2D eigenvalue weighted by Gasteiger charge is -2.08. The van der Waals surface area contributed by atoms with Crippen molar-refractivity contribution in [1.82, 2.24) is 9.78 Å². The van der Waals surface area contributed by atoms with E-state index in [1.54, 1.807) is 30.1 Å². The first-order valence-corrected chi connectivity index (χ1v) is 6.63. The molecule has 2 aromatic rings. The molecule has 1 aromatic carbocycles. The van der Waals surface area contributed by atoms with E-state index in [-0.39, 0.29) is 5.75 Å². The van der Waals surface area contributed by atoms with E-state index >= 15 is 0 Å². The van der Waals surface area contributed by atoms with Crippen molar-refractivity contribution in [1.29, 1.82) is 0 Å². The van der Waals surface area contributed by atoms with Gasteiger partial charge >= 0.3 is 0 Å². The van der Waals surface area contributed by atoms with Gasteiger partial charge in [0.15, 0.2) is 0 Å². The summed E-state index contributed by atoms with van der Waals surface area (Å²) < 4.78 is 28.0. The maximum absolute atomic E-state index is 10.6. The minimum Gasteiger partial charge on any atom is -0.497 e. The maximum Gasteiger partial charge on any atom is 0.145 e. The smallest absolute Gasteiger partial charge is 0.145 e. The number of methoxy groups -OCH3 is 1. The summed E-state index contributed by atoms with van der Waals surface area (Å²) in [4.78, 5) is 0. The normalized spacial score (nSPS) is 10.8. The zero-order chi connectivity index (χ0) is 13.1. The predicted molar refractivity (Wildman–Crippen MR) is 68.6 cm³/mol. The predicted octanol–water partition coefficient (Wildman–Crippen LogP) is 1.17. The molecule has 0 saturated carbocycles. The standard InChI is InChI=1S/C12H13N2O3S/c1-9-3-4-11(17-2)7-12(9)14-6-5-10(13-14)8-18(15)16/h3-7,18H,1,8H2,2H3. The molecular formula is C12H13N2O3S. The third kappa shape index (κ3) is 2.70. The van der Waals surface area contributed by atoms with Gasteiger partial charge in [0.25, 0.3) is 0 Å². The van der Waals surface area contributed by atoms with Gasteiger partial charge in [-0.15, -0.1) is 0 Å². The van der Waals surface area contributed by atoms with Crippen molar-refractivity contribution in [3.63, 3.8) is 0 Å². The average Bonchev–Trinajstić information content (AvgIpc) is 2.77. The van der Waals surface area contributed by atoms with Crippen molar-refractivity contribution < 1.29 is 13.2 Å². The Morgan fingerprint density at radius 2 is 2.17 bits per heavy atom. The van der Waals surface area contributed by atoms with Gasteiger partial charge in [-0.2, -0.15) is 5.10 Å². The molecule has 1 radical (unpaired) electrons. The Kier molecular flexibility index (Phi) is 3.66. The van der Waals surface area contributed by atoms with Crippen LogP contribution in [0.5, 0.6) is 5.75 Å². The molecule has 95 valence electrons. The van der Waals surface area contributed by atoms with Crippen LogP contribution >= 0.6 is 0 Å². The van der Waals surface area contributed by atoms with E-state index in [0.29, 0.717) is 11.4 Å². The van der Waals surface area contributed by atoms with E-state index < -0.39 is 10.7 Å². The lowest BCUT2D eigenvalue weighted by molar-refractivity contribution is 0.414. The number of ether oxygens (including phenoxy) is 1. The third-order valence-corrected chi connectivity index (χ3v) is 3.06. The highest BCUT2D eigenvalue weighted by molar-refractivity contribution is 7.71. The fraction of sp³-hybridized carbons (Fsp3) is 0.167. The number of hydrogen-bond donors (Lipinski definition) is 1. The Labute approximate surface area is 107 Å². The van der Waals surface area contributed by atoms with Crippen molar-refractivity contribution in [2.45, 2.75) is 5.75 Å². The Bertz CT molecular complexity index is 624. The van der Waals surface area contributed by atoms with Gasteiger partial charge in [0.2, 0.25) is 0 Å². The molecule has 0 aliphatic heterocycles. The minimum absolute atomic E-state index is 0.0568. The van der Waals surface area contributed by atoms with E-state index in [9.17, 15) is 8.42 Å². The van der Waals surface area contributed by atoms with Crippen LogP contribution in [-0.2, 0) is 16.5 Å². The highest BCUT2D eigenvalue weighted by Crippen LogP contribution is 2.20. The molecule has 0 amide bonds. The van der Waals surface area contributed by atoms with Crippen molar-refractivity contribution in [2.75, 3.05) is 7.11 Å². The summed E-state index contributed by atoms with van der Waals surface area (Å²) in [6.07, 6.45) is 1.71. The minimum atomic E-state index is -2.47. The number of benzene rings is 1. The molecule has 0 atom stereocenters. The van der Waals surface area contributed by atoms with Crippen LogP contribution in [0.4, 0.5) is 0 Å². The SMILES string of the molecule is [CH2]c1ccc(OC)cc1-n1ccc(C[SH](=O)=O)n1. The van der Waals surface area contributed by atoms with E-state index in [4.69, 9.17) is 4.74 Å². The summed E-state index contributed by atoms with van der Waals surface area (Å²) in [7, 11) is -0.884. The van der Waals surface area contributed by atoms with Crippen molar-refractivity contribution in [2.24, 2.45) is 0 Å². The molecule has 0 aliphatic carbocycles. The molecule has 0 N–H and O–H groups in total. The Morgan fingerprint density at radius 3 is 2.83 bits per heavy atom. The van der Waals surface area contributed by atoms with Crippen LogP contribution in [0.1, 0.15) is 11.3 Å². The zero-order valence-corrected chi connectivity index (χ0v) is 10.8. The number of aromatic nitrogens is 2. The molecule has 0 unspecified atom stereocenters. The molecule has 0 saturated heterocycles. The van der Waals surface area contributed by atoms with Crippen molar-refractivity contribution in [3.8, 4) is 11.4 Å². The lowest BCUT2D eigenvalue weighted by Crippen LogP contribution is -2.00. The van der Waals surface area contributed by atoms with E-state index in [1.165, 1.54) is 0 Å². The van der Waals surface area contributed by atoms with Crippen LogP contribution in [0.3, 0.4) is 0 Å². The monoisotopic (exact) mass is 265 g/mol. The van der Waals surface area contributed by atoms with Gasteiger partial charge in [0.1, 0.15) is 16.5 Å².